The van der Waals surface area contributed by atoms with Crippen LogP contribution in [0.4, 0.5) is 0 Å². The van der Waals surface area contributed by atoms with Crippen LogP contribution in [0.1, 0.15) is 11.5 Å². The fourth-order valence-corrected chi connectivity index (χ4v) is 4.19. The van der Waals surface area contributed by atoms with Crippen LogP contribution in [-0.4, -0.2) is 53.6 Å². The Morgan fingerprint density at radius 3 is 3.28 bits per heavy atom. The average Bonchev–Trinajstić information content (AvgIpc) is 3.34. The van der Waals surface area contributed by atoms with Crippen LogP contribution < -0.4 is 5.32 Å². The van der Waals surface area contributed by atoms with E-state index in [2.05, 4.69) is 15.3 Å². The second kappa shape index (κ2) is 5.64. The molecule has 0 bridgehead atoms. The third-order valence-electron chi connectivity index (χ3n) is 5.64. The predicted molar refractivity (Wildman–Crippen MR) is 88.5 cm³/mol. The molecular weight excluding hydrogens is 320 g/mol. The lowest BCUT2D eigenvalue weighted by molar-refractivity contribution is -0.143. The van der Waals surface area contributed by atoms with Gasteiger partial charge >= 0.3 is 0 Å². The van der Waals surface area contributed by atoms with Crippen LogP contribution in [0.2, 0.25) is 0 Å². The van der Waals surface area contributed by atoms with E-state index in [1.807, 2.05) is 17.0 Å². The highest BCUT2D eigenvalue weighted by molar-refractivity contribution is 5.84. The molecule has 5 rings (SSSR count). The Labute approximate surface area is 145 Å². The molecule has 7 nitrogen and oxygen atoms in total. The van der Waals surface area contributed by atoms with Crippen molar-refractivity contribution in [1.29, 1.82) is 0 Å². The molecule has 0 spiro atoms. The van der Waals surface area contributed by atoms with E-state index in [0.717, 1.165) is 23.6 Å². The first-order valence-electron chi connectivity index (χ1n) is 8.73. The van der Waals surface area contributed by atoms with Crippen LogP contribution in [0, 0.1) is 11.3 Å². The van der Waals surface area contributed by atoms with Gasteiger partial charge in [0.1, 0.15) is 11.5 Å². The highest BCUT2D eigenvalue weighted by Crippen LogP contribution is 2.40. The SMILES string of the molecule is O=C(N1CCc2oc(-c3cccnc3)nc2C1)[C@]12CNC[C@H]1COC2. The van der Waals surface area contributed by atoms with Crippen molar-refractivity contribution in [3.8, 4) is 11.5 Å². The molecule has 25 heavy (non-hydrogen) atoms. The van der Waals surface area contributed by atoms with Crippen LogP contribution in [0.15, 0.2) is 28.9 Å². The van der Waals surface area contributed by atoms with E-state index in [-0.39, 0.29) is 11.8 Å². The molecule has 5 heterocycles. The summed E-state index contributed by atoms with van der Waals surface area (Å²) in [5.74, 6) is 1.93. The summed E-state index contributed by atoms with van der Waals surface area (Å²) in [4.78, 5) is 23.9. The van der Waals surface area contributed by atoms with Crippen molar-refractivity contribution in [3.05, 3.63) is 36.0 Å². The molecule has 0 saturated carbocycles. The van der Waals surface area contributed by atoms with Gasteiger partial charge < -0.3 is 19.4 Å². The number of hydrogen-bond acceptors (Lipinski definition) is 6. The number of hydrogen-bond donors (Lipinski definition) is 1. The number of carbonyl (C=O) groups excluding carboxylic acids is 1. The summed E-state index contributed by atoms with van der Waals surface area (Å²) >= 11 is 0. The van der Waals surface area contributed by atoms with E-state index >= 15 is 0 Å². The van der Waals surface area contributed by atoms with Crippen molar-refractivity contribution in [2.45, 2.75) is 13.0 Å². The maximum Gasteiger partial charge on any atom is 0.233 e. The van der Waals surface area contributed by atoms with Gasteiger partial charge in [-0.2, -0.15) is 0 Å². The van der Waals surface area contributed by atoms with Gasteiger partial charge in [0.25, 0.3) is 0 Å². The summed E-state index contributed by atoms with van der Waals surface area (Å²) in [5.41, 5.74) is 1.32. The summed E-state index contributed by atoms with van der Waals surface area (Å²) in [6.07, 6.45) is 4.16. The number of oxazole rings is 1. The molecule has 2 aromatic heterocycles. The van der Waals surface area contributed by atoms with Crippen molar-refractivity contribution < 1.29 is 13.9 Å². The number of rotatable bonds is 2. The number of nitrogens with one attached hydrogen (secondary N) is 1. The van der Waals surface area contributed by atoms with Gasteiger partial charge in [0.2, 0.25) is 11.8 Å². The number of fused-ring (bicyclic) bond motifs is 2. The summed E-state index contributed by atoms with van der Waals surface area (Å²) in [6.45, 7) is 3.94. The Bertz CT molecular complexity index is 794. The second-order valence-corrected chi connectivity index (χ2v) is 7.11. The topological polar surface area (TPSA) is 80.5 Å². The molecule has 3 aliphatic heterocycles. The lowest BCUT2D eigenvalue weighted by Crippen LogP contribution is -2.50. The van der Waals surface area contributed by atoms with Gasteiger partial charge in [-0.1, -0.05) is 0 Å². The maximum absolute atomic E-state index is 13.2. The van der Waals surface area contributed by atoms with Gasteiger partial charge in [-0.05, 0) is 12.1 Å². The fraction of sp³-hybridized carbons (Fsp3) is 0.500. The molecular formula is C18H20N4O3. The lowest BCUT2D eigenvalue weighted by atomic mass is 9.79. The monoisotopic (exact) mass is 340 g/mol. The fourth-order valence-electron chi connectivity index (χ4n) is 4.19. The Hall–Kier alpha value is -2.25. The number of aromatic nitrogens is 2. The van der Waals surface area contributed by atoms with E-state index in [9.17, 15) is 4.79 Å². The summed E-state index contributed by atoms with van der Waals surface area (Å²) in [7, 11) is 0. The molecule has 7 heteroatoms. The smallest absolute Gasteiger partial charge is 0.233 e. The zero-order chi connectivity index (χ0) is 16.9. The van der Waals surface area contributed by atoms with Crippen LogP contribution in [-0.2, 0) is 22.5 Å². The van der Waals surface area contributed by atoms with Gasteiger partial charge in [0.05, 0.1) is 30.7 Å². The molecule has 2 fully saturated rings. The number of pyridine rings is 1. The first kappa shape index (κ1) is 15.0. The predicted octanol–water partition coefficient (Wildman–Crippen LogP) is 0.857. The number of ether oxygens (including phenoxy) is 1. The van der Waals surface area contributed by atoms with Crippen LogP contribution in [0.3, 0.4) is 0 Å². The molecule has 130 valence electrons. The van der Waals surface area contributed by atoms with Crippen LogP contribution in [0.5, 0.6) is 0 Å². The Morgan fingerprint density at radius 2 is 2.40 bits per heavy atom. The largest absolute Gasteiger partial charge is 0.441 e. The normalized spacial score (nSPS) is 28.0. The third-order valence-corrected chi connectivity index (χ3v) is 5.64. The maximum atomic E-state index is 13.2. The van der Waals surface area contributed by atoms with Gasteiger partial charge in [0.15, 0.2) is 0 Å². The van der Waals surface area contributed by atoms with Crippen molar-refractivity contribution >= 4 is 5.91 Å². The summed E-state index contributed by atoms with van der Waals surface area (Å²) in [5, 5.41) is 3.36. The molecule has 0 aliphatic carbocycles. The molecule has 3 aliphatic rings. The highest BCUT2D eigenvalue weighted by Gasteiger charge is 2.54. The minimum atomic E-state index is -0.395. The minimum absolute atomic E-state index is 0.191. The first-order valence-corrected chi connectivity index (χ1v) is 8.73. The van der Waals surface area contributed by atoms with Gasteiger partial charge in [-0.25, -0.2) is 4.98 Å². The standard InChI is InChI=1S/C18H20N4O3/c23-17(18-10-20-7-13(18)9-24-11-18)22-5-3-15-14(8-22)21-16(25-15)12-2-1-4-19-6-12/h1-2,4,6,13,20H,3,5,7-11H2/t13-,18-/m0/s1. The second-order valence-electron chi connectivity index (χ2n) is 7.11. The summed E-state index contributed by atoms with van der Waals surface area (Å²) in [6, 6.07) is 3.79. The number of carbonyl (C=O) groups is 1. The van der Waals surface area contributed by atoms with Crippen molar-refractivity contribution in [1.82, 2.24) is 20.2 Å². The minimum Gasteiger partial charge on any atom is -0.441 e. The molecule has 2 atom stereocenters. The van der Waals surface area contributed by atoms with E-state index in [4.69, 9.17) is 9.15 Å². The average molecular weight is 340 g/mol. The van der Waals surface area contributed by atoms with Gasteiger partial charge in [-0.3, -0.25) is 9.78 Å². The van der Waals surface area contributed by atoms with Crippen LogP contribution in [0.25, 0.3) is 11.5 Å². The number of amides is 1. The molecule has 2 aromatic rings. The van der Waals surface area contributed by atoms with Gasteiger partial charge in [0, 0.05) is 44.4 Å². The summed E-state index contributed by atoms with van der Waals surface area (Å²) < 4.78 is 11.5. The molecule has 1 amide bonds. The van der Waals surface area contributed by atoms with E-state index < -0.39 is 5.41 Å². The van der Waals surface area contributed by atoms with Crippen molar-refractivity contribution in [2.24, 2.45) is 11.3 Å². The van der Waals surface area contributed by atoms with Crippen molar-refractivity contribution in [3.63, 3.8) is 0 Å². The third kappa shape index (κ3) is 2.30. The molecule has 2 saturated heterocycles. The molecule has 0 radical (unpaired) electrons. The lowest BCUT2D eigenvalue weighted by Gasteiger charge is -2.34. The van der Waals surface area contributed by atoms with E-state index in [0.29, 0.717) is 45.2 Å². The number of nitrogens with zero attached hydrogens (tertiary/aromatic N) is 3. The molecule has 1 N–H and O–H groups in total. The Kier molecular flexibility index (Phi) is 3.39. The highest BCUT2D eigenvalue weighted by atomic mass is 16.5. The molecule has 0 aromatic carbocycles. The zero-order valence-electron chi connectivity index (χ0n) is 13.9. The van der Waals surface area contributed by atoms with E-state index in [1.165, 1.54) is 0 Å². The Morgan fingerprint density at radius 1 is 1.44 bits per heavy atom. The van der Waals surface area contributed by atoms with Gasteiger partial charge in [-0.15, -0.1) is 0 Å². The zero-order valence-corrected chi connectivity index (χ0v) is 13.9. The Balaban J connectivity index is 1.39. The first-order chi connectivity index (χ1) is 12.3. The molecule has 0 unspecified atom stereocenters. The quantitative estimate of drug-likeness (QED) is 0.873. The van der Waals surface area contributed by atoms with Crippen molar-refractivity contribution in [2.75, 3.05) is 32.8 Å². The van der Waals surface area contributed by atoms with Crippen LogP contribution >= 0.6 is 0 Å². The van der Waals surface area contributed by atoms with E-state index in [1.54, 1.807) is 12.4 Å².